The maximum Gasteiger partial charge on any atom is 0.0697 e. The SMILES string of the molecule is CC1CC(C)CC(NC2CCOC3(CCCC3)C2)C1. The number of ether oxygens (including phenoxy) is 1. The molecule has 0 radical (unpaired) electrons. The maximum atomic E-state index is 6.15. The van der Waals surface area contributed by atoms with Crippen molar-refractivity contribution in [2.45, 2.75) is 89.3 Å². The molecule has 0 bridgehead atoms. The van der Waals surface area contributed by atoms with Crippen LogP contribution in [0.1, 0.15) is 71.6 Å². The van der Waals surface area contributed by atoms with E-state index in [1.54, 1.807) is 0 Å². The zero-order chi connectivity index (χ0) is 13.3. The molecule has 110 valence electrons. The maximum absolute atomic E-state index is 6.15. The Morgan fingerprint density at radius 1 is 0.947 bits per heavy atom. The van der Waals surface area contributed by atoms with Gasteiger partial charge in [-0.25, -0.2) is 0 Å². The molecule has 0 amide bonds. The monoisotopic (exact) mass is 265 g/mol. The van der Waals surface area contributed by atoms with E-state index < -0.39 is 0 Å². The van der Waals surface area contributed by atoms with Crippen molar-refractivity contribution in [3.63, 3.8) is 0 Å². The van der Waals surface area contributed by atoms with Gasteiger partial charge in [0.15, 0.2) is 0 Å². The van der Waals surface area contributed by atoms with E-state index >= 15 is 0 Å². The number of nitrogens with one attached hydrogen (secondary N) is 1. The summed E-state index contributed by atoms with van der Waals surface area (Å²) in [6, 6.07) is 1.48. The molecule has 3 atom stereocenters. The van der Waals surface area contributed by atoms with Crippen molar-refractivity contribution in [2.75, 3.05) is 6.61 Å². The van der Waals surface area contributed by atoms with E-state index in [1.165, 1.54) is 57.8 Å². The molecule has 0 aromatic carbocycles. The highest BCUT2D eigenvalue weighted by Crippen LogP contribution is 2.40. The minimum atomic E-state index is 0.266. The lowest BCUT2D eigenvalue weighted by molar-refractivity contribution is -0.0855. The number of hydrogen-bond donors (Lipinski definition) is 1. The van der Waals surface area contributed by atoms with Crippen molar-refractivity contribution in [3.8, 4) is 0 Å². The zero-order valence-electron chi connectivity index (χ0n) is 12.8. The van der Waals surface area contributed by atoms with Crippen molar-refractivity contribution in [2.24, 2.45) is 11.8 Å². The molecule has 3 fully saturated rings. The summed E-state index contributed by atoms with van der Waals surface area (Å²) in [7, 11) is 0. The standard InChI is InChI=1S/C17H31NO/c1-13-9-14(2)11-16(10-13)18-15-5-8-19-17(12-15)6-3-4-7-17/h13-16,18H,3-12H2,1-2H3. The number of hydrogen-bond acceptors (Lipinski definition) is 2. The minimum absolute atomic E-state index is 0.266. The Labute approximate surface area is 118 Å². The van der Waals surface area contributed by atoms with Gasteiger partial charge in [-0.15, -0.1) is 0 Å². The van der Waals surface area contributed by atoms with E-state index in [2.05, 4.69) is 19.2 Å². The second-order valence-electron chi connectivity index (χ2n) is 7.71. The average molecular weight is 265 g/mol. The van der Waals surface area contributed by atoms with Crippen LogP contribution in [0.2, 0.25) is 0 Å². The van der Waals surface area contributed by atoms with Crippen LogP contribution in [0.4, 0.5) is 0 Å². The van der Waals surface area contributed by atoms with Crippen molar-refractivity contribution in [3.05, 3.63) is 0 Å². The fourth-order valence-corrected chi connectivity index (χ4v) is 4.95. The predicted molar refractivity (Wildman–Crippen MR) is 79.3 cm³/mol. The van der Waals surface area contributed by atoms with Gasteiger partial charge in [0.25, 0.3) is 0 Å². The Kier molecular flexibility index (Phi) is 4.19. The summed E-state index contributed by atoms with van der Waals surface area (Å²) in [6.07, 6.45) is 12.1. The van der Waals surface area contributed by atoms with E-state index in [4.69, 9.17) is 4.74 Å². The molecule has 0 aromatic rings. The molecular formula is C17H31NO. The van der Waals surface area contributed by atoms with Crippen LogP contribution in [0.15, 0.2) is 0 Å². The topological polar surface area (TPSA) is 21.3 Å². The molecule has 1 saturated heterocycles. The third-order valence-corrected chi connectivity index (χ3v) is 5.66. The Bertz CT molecular complexity index is 288. The summed E-state index contributed by atoms with van der Waals surface area (Å²) in [4.78, 5) is 0. The minimum Gasteiger partial charge on any atom is -0.375 e. The van der Waals surface area contributed by atoms with Gasteiger partial charge in [-0.3, -0.25) is 0 Å². The highest BCUT2D eigenvalue weighted by atomic mass is 16.5. The summed E-state index contributed by atoms with van der Waals surface area (Å²) >= 11 is 0. The number of rotatable bonds is 2. The van der Waals surface area contributed by atoms with Crippen LogP contribution >= 0.6 is 0 Å². The lowest BCUT2D eigenvalue weighted by Crippen LogP contribution is -2.50. The highest BCUT2D eigenvalue weighted by molar-refractivity contribution is 4.95. The highest BCUT2D eigenvalue weighted by Gasteiger charge is 2.40. The van der Waals surface area contributed by atoms with Crippen LogP contribution in [0.25, 0.3) is 0 Å². The summed E-state index contributed by atoms with van der Waals surface area (Å²) in [6.45, 7) is 5.83. The molecule has 19 heavy (non-hydrogen) atoms. The Hall–Kier alpha value is -0.0800. The third-order valence-electron chi connectivity index (χ3n) is 5.66. The molecule has 1 N–H and O–H groups in total. The quantitative estimate of drug-likeness (QED) is 0.818. The van der Waals surface area contributed by atoms with Gasteiger partial charge in [-0.1, -0.05) is 26.7 Å². The third kappa shape index (κ3) is 3.33. The molecule has 2 aliphatic carbocycles. The van der Waals surface area contributed by atoms with Gasteiger partial charge in [0, 0.05) is 18.7 Å². The first-order chi connectivity index (χ1) is 9.15. The Balaban J connectivity index is 1.54. The molecule has 1 aliphatic heterocycles. The Morgan fingerprint density at radius 2 is 1.63 bits per heavy atom. The van der Waals surface area contributed by atoms with Gasteiger partial charge < -0.3 is 10.1 Å². The normalized spacial score (nSPS) is 42.6. The van der Waals surface area contributed by atoms with Gasteiger partial charge in [0.1, 0.15) is 0 Å². The molecule has 2 nitrogen and oxygen atoms in total. The van der Waals surface area contributed by atoms with E-state index in [-0.39, 0.29) is 5.60 Å². The van der Waals surface area contributed by atoms with Crippen molar-refractivity contribution in [1.82, 2.24) is 5.32 Å². The lowest BCUT2D eigenvalue weighted by Gasteiger charge is -2.41. The van der Waals surface area contributed by atoms with Gasteiger partial charge in [-0.2, -0.15) is 0 Å². The first-order valence-corrected chi connectivity index (χ1v) is 8.55. The first-order valence-electron chi connectivity index (χ1n) is 8.55. The molecule has 1 spiro atoms. The van der Waals surface area contributed by atoms with E-state index in [1.807, 2.05) is 0 Å². The zero-order valence-corrected chi connectivity index (χ0v) is 12.8. The molecule has 2 heteroatoms. The Morgan fingerprint density at radius 3 is 2.32 bits per heavy atom. The van der Waals surface area contributed by atoms with E-state index in [0.29, 0.717) is 6.04 Å². The largest absolute Gasteiger partial charge is 0.375 e. The fraction of sp³-hybridized carbons (Fsp3) is 1.00. The van der Waals surface area contributed by atoms with Gasteiger partial charge in [-0.05, 0) is 56.8 Å². The molecule has 3 aliphatic rings. The lowest BCUT2D eigenvalue weighted by atomic mass is 9.79. The van der Waals surface area contributed by atoms with Crippen LogP contribution in [0, 0.1) is 11.8 Å². The predicted octanol–water partition coefficient (Wildman–Crippen LogP) is 3.89. The summed E-state index contributed by atoms with van der Waals surface area (Å²) in [5.74, 6) is 1.81. The van der Waals surface area contributed by atoms with Crippen molar-refractivity contribution >= 4 is 0 Å². The van der Waals surface area contributed by atoms with Gasteiger partial charge in [0.05, 0.1) is 5.60 Å². The van der Waals surface area contributed by atoms with Crippen LogP contribution in [0.3, 0.4) is 0 Å². The molecule has 3 unspecified atom stereocenters. The fourth-order valence-electron chi connectivity index (χ4n) is 4.95. The van der Waals surface area contributed by atoms with Crippen LogP contribution in [0.5, 0.6) is 0 Å². The van der Waals surface area contributed by atoms with E-state index in [9.17, 15) is 0 Å². The molecule has 2 saturated carbocycles. The molecule has 1 heterocycles. The smallest absolute Gasteiger partial charge is 0.0697 e. The van der Waals surface area contributed by atoms with Crippen molar-refractivity contribution in [1.29, 1.82) is 0 Å². The first kappa shape index (κ1) is 13.9. The van der Waals surface area contributed by atoms with Crippen LogP contribution in [-0.2, 0) is 4.74 Å². The van der Waals surface area contributed by atoms with Gasteiger partial charge in [0.2, 0.25) is 0 Å². The van der Waals surface area contributed by atoms with Crippen LogP contribution in [-0.4, -0.2) is 24.3 Å². The van der Waals surface area contributed by atoms with E-state index in [0.717, 1.165) is 24.5 Å². The summed E-state index contributed by atoms with van der Waals surface area (Å²) < 4.78 is 6.15. The molecular weight excluding hydrogens is 234 g/mol. The van der Waals surface area contributed by atoms with Gasteiger partial charge >= 0.3 is 0 Å². The summed E-state index contributed by atoms with van der Waals surface area (Å²) in [5.41, 5.74) is 0.266. The second kappa shape index (κ2) is 5.73. The van der Waals surface area contributed by atoms with Crippen molar-refractivity contribution < 1.29 is 4.74 Å². The van der Waals surface area contributed by atoms with Crippen LogP contribution < -0.4 is 5.32 Å². The molecule has 3 rings (SSSR count). The second-order valence-corrected chi connectivity index (χ2v) is 7.71. The summed E-state index contributed by atoms with van der Waals surface area (Å²) in [5, 5.41) is 3.99. The average Bonchev–Trinajstić information content (AvgIpc) is 2.76. The molecule has 0 aromatic heterocycles.